The van der Waals surface area contributed by atoms with E-state index in [0.717, 1.165) is 29.4 Å². The van der Waals surface area contributed by atoms with Gasteiger partial charge in [-0.15, -0.1) is 0 Å². The van der Waals surface area contributed by atoms with Gasteiger partial charge in [-0.2, -0.15) is 0 Å². The molecule has 5 atom stereocenters. The molecule has 2 aromatic rings. The number of rotatable bonds is 7. The van der Waals surface area contributed by atoms with Crippen molar-refractivity contribution in [1.29, 1.82) is 0 Å². The summed E-state index contributed by atoms with van der Waals surface area (Å²) >= 11 is 0. The number of benzene rings is 1. The van der Waals surface area contributed by atoms with Gasteiger partial charge in [0.05, 0.1) is 6.61 Å². The summed E-state index contributed by atoms with van der Waals surface area (Å²) in [5, 5.41) is 40.4. The average molecular weight is 394 g/mol. The molecule has 1 aromatic carbocycles. The summed E-state index contributed by atoms with van der Waals surface area (Å²) in [4.78, 5) is 5.48. The van der Waals surface area contributed by atoms with E-state index in [9.17, 15) is 20.4 Å². The SMILES string of the molecule is CC(C)N(C)CCc1c[nH]c2cccc(OC3O[C@H](CO)[C@@H](O)[C@H](O)[C@H]3O)c12. The van der Waals surface area contributed by atoms with E-state index in [-0.39, 0.29) is 0 Å². The van der Waals surface area contributed by atoms with E-state index in [0.29, 0.717) is 11.8 Å². The lowest BCUT2D eigenvalue weighted by molar-refractivity contribution is -0.277. The number of aromatic amines is 1. The van der Waals surface area contributed by atoms with Crippen LogP contribution in [-0.4, -0.2) is 87.3 Å². The highest BCUT2D eigenvalue weighted by Gasteiger charge is 2.44. The van der Waals surface area contributed by atoms with E-state index < -0.39 is 37.3 Å². The minimum Gasteiger partial charge on any atom is -0.461 e. The standard InChI is InChI=1S/C20H30N2O6/c1-11(2)22(3)8-7-12-9-21-13-5-4-6-14(16(12)13)27-20-19(26)18(25)17(24)15(10-23)28-20/h4-6,9,11,15,17-21,23-26H,7-8,10H2,1-3H3/t15-,17-,18+,19-,20?/m1/s1. The van der Waals surface area contributed by atoms with Crippen LogP contribution in [0.25, 0.3) is 10.9 Å². The van der Waals surface area contributed by atoms with Gasteiger partial charge >= 0.3 is 0 Å². The lowest BCUT2D eigenvalue weighted by atomic mass is 9.99. The number of aromatic nitrogens is 1. The van der Waals surface area contributed by atoms with Crippen LogP contribution in [0.3, 0.4) is 0 Å². The Morgan fingerprint density at radius 2 is 1.93 bits per heavy atom. The fraction of sp³-hybridized carbons (Fsp3) is 0.600. The minimum absolute atomic E-state index is 0.440. The molecule has 5 N–H and O–H groups in total. The van der Waals surface area contributed by atoms with E-state index in [1.807, 2.05) is 18.3 Å². The van der Waals surface area contributed by atoms with Crippen molar-refractivity contribution in [3.8, 4) is 5.75 Å². The molecule has 3 rings (SSSR count). The van der Waals surface area contributed by atoms with Gasteiger partial charge in [-0.3, -0.25) is 0 Å². The van der Waals surface area contributed by atoms with Gasteiger partial charge in [0.25, 0.3) is 0 Å². The normalized spacial score (nSPS) is 28.4. The van der Waals surface area contributed by atoms with Gasteiger partial charge in [-0.1, -0.05) is 6.07 Å². The Bertz CT molecular complexity index is 777. The van der Waals surface area contributed by atoms with E-state index >= 15 is 0 Å². The van der Waals surface area contributed by atoms with Crippen molar-refractivity contribution < 1.29 is 29.9 Å². The molecule has 8 heteroatoms. The minimum atomic E-state index is -1.47. The highest BCUT2D eigenvalue weighted by molar-refractivity contribution is 5.89. The number of nitrogens with zero attached hydrogens (tertiary/aromatic N) is 1. The van der Waals surface area contributed by atoms with Crippen molar-refractivity contribution in [2.75, 3.05) is 20.2 Å². The summed E-state index contributed by atoms with van der Waals surface area (Å²) in [6.45, 7) is 4.66. The number of hydrogen-bond donors (Lipinski definition) is 5. The van der Waals surface area contributed by atoms with Crippen LogP contribution in [0.5, 0.6) is 5.75 Å². The molecule has 28 heavy (non-hydrogen) atoms. The first-order valence-electron chi connectivity index (χ1n) is 9.59. The fourth-order valence-corrected chi connectivity index (χ4v) is 3.36. The van der Waals surface area contributed by atoms with Crippen molar-refractivity contribution in [3.05, 3.63) is 30.0 Å². The Morgan fingerprint density at radius 1 is 1.18 bits per heavy atom. The topological polar surface area (TPSA) is 118 Å². The van der Waals surface area contributed by atoms with Gasteiger partial charge in [0.15, 0.2) is 0 Å². The molecule has 0 radical (unpaired) electrons. The molecular formula is C20H30N2O6. The predicted molar refractivity (Wildman–Crippen MR) is 104 cm³/mol. The molecule has 1 unspecified atom stereocenters. The second kappa shape index (κ2) is 8.77. The number of hydrogen-bond acceptors (Lipinski definition) is 7. The molecule has 1 aromatic heterocycles. The second-order valence-corrected chi connectivity index (χ2v) is 7.63. The van der Waals surface area contributed by atoms with E-state index in [4.69, 9.17) is 9.47 Å². The van der Waals surface area contributed by atoms with Crippen molar-refractivity contribution in [2.24, 2.45) is 0 Å². The number of nitrogens with one attached hydrogen (secondary N) is 1. The molecular weight excluding hydrogens is 364 g/mol. The maximum absolute atomic E-state index is 10.3. The van der Waals surface area contributed by atoms with Crippen LogP contribution in [0.15, 0.2) is 24.4 Å². The van der Waals surface area contributed by atoms with Gasteiger partial charge in [-0.25, -0.2) is 0 Å². The fourth-order valence-electron chi connectivity index (χ4n) is 3.36. The molecule has 2 heterocycles. The van der Waals surface area contributed by atoms with Crippen LogP contribution in [0, 0.1) is 0 Å². The zero-order valence-electron chi connectivity index (χ0n) is 16.4. The van der Waals surface area contributed by atoms with Crippen LogP contribution in [-0.2, 0) is 11.2 Å². The Balaban J connectivity index is 1.83. The average Bonchev–Trinajstić information content (AvgIpc) is 3.10. The quantitative estimate of drug-likeness (QED) is 0.456. The third kappa shape index (κ3) is 4.17. The summed E-state index contributed by atoms with van der Waals surface area (Å²) in [5.41, 5.74) is 1.96. The van der Waals surface area contributed by atoms with Crippen molar-refractivity contribution >= 4 is 10.9 Å². The van der Waals surface area contributed by atoms with Crippen LogP contribution in [0.2, 0.25) is 0 Å². The molecule has 1 saturated heterocycles. The van der Waals surface area contributed by atoms with Crippen LogP contribution in [0.1, 0.15) is 19.4 Å². The Labute approximate surface area is 164 Å². The van der Waals surface area contributed by atoms with E-state index in [1.165, 1.54) is 0 Å². The summed E-state index contributed by atoms with van der Waals surface area (Å²) in [6, 6.07) is 5.97. The zero-order valence-corrected chi connectivity index (χ0v) is 16.4. The van der Waals surface area contributed by atoms with Gasteiger partial charge < -0.3 is 39.8 Å². The summed E-state index contributed by atoms with van der Waals surface area (Å²) in [6.07, 6.45) is -3.79. The first-order valence-corrected chi connectivity index (χ1v) is 9.59. The highest BCUT2D eigenvalue weighted by atomic mass is 16.7. The molecule has 1 fully saturated rings. The molecule has 1 aliphatic rings. The van der Waals surface area contributed by atoms with Gasteiger partial charge in [-0.05, 0) is 45.0 Å². The largest absolute Gasteiger partial charge is 0.461 e. The number of likely N-dealkylation sites (N-methyl/N-ethyl adjacent to an activating group) is 1. The lowest BCUT2D eigenvalue weighted by Crippen LogP contribution is -2.60. The van der Waals surface area contributed by atoms with Crippen molar-refractivity contribution in [1.82, 2.24) is 9.88 Å². The van der Waals surface area contributed by atoms with Crippen molar-refractivity contribution in [3.63, 3.8) is 0 Å². The third-order valence-electron chi connectivity index (χ3n) is 5.46. The third-order valence-corrected chi connectivity index (χ3v) is 5.46. The second-order valence-electron chi connectivity index (χ2n) is 7.63. The molecule has 1 aliphatic heterocycles. The summed E-state index contributed by atoms with van der Waals surface area (Å²) in [5.74, 6) is 0.505. The molecule has 8 nitrogen and oxygen atoms in total. The van der Waals surface area contributed by atoms with Crippen LogP contribution < -0.4 is 4.74 Å². The Kier molecular flexibility index (Phi) is 6.59. The zero-order chi connectivity index (χ0) is 20.4. The summed E-state index contributed by atoms with van der Waals surface area (Å²) < 4.78 is 11.4. The number of fused-ring (bicyclic) bond motifs is 1. The van der Waals surface area contributed by atoms with Crippen LogP contribution >= 0.6 is 0 Å². The number of aliphatic hydroxyl groups is 4. The van der Waals surface area contributed by atoms with Gasteiger partial charge in [0, 0.05) is 29.7 Å². The molecule has 0 spiro atoms. The maximum atomic E-state index is 10.3. The smallest absolute Gasteiger partial charge is 0.229 e. The monoisotopic (exact) mass is 394 g/mol. The molecule has 0 bridgehead atoms. The number of ether oxygens (including phenoxy) is 2. The summed E-state index contributed by atoms with van der Waals surface area (Å²) in [7, 11) is 2.07. The highest BCUT2D eigenvalue weighted by Crippen LogP contribution is 2.32. The molecule has 0 saturated carbocycles. The molecule has 0 aliphatic carbocycles. The Morgan fingerprint density at radius 3 is 2.61 bits per heavy atom. The van der Waals surface area contributed by atoms with Crippen molar-refractivity contribution in [2.45, 2.75) is 57.0 Å². The predicted octanol–water partition coefficient (Wildman–Crippen LogP) is 0.229. The number of H-pyrrole nitrogens is 1. The van der Waals surface area contributed by atoms with E-state index in [2.05, 4.69) is 30.8 Å². The number of aliphatic hydroxyl groups excluding tert-OH is 4. The maximum Gasteiger partial charge on any atom is 0.229 e. The molecule has 0 amide bonds. The van der Waals surface area contributed by atoms with Crippen LogP contribution in [0.4, 0.5) is 0 Å². The Hall–Kier alpha value is -1.68. The first-order chi connectivity index (χ1) is 13.3. The lowest BCUT2D eigenvalue weighted by Gasteiger charge is -2.39. The van der Waals surface area contributed by atoms with Gasteiger partial charge in [0.2, 0.25) is 6.29 Å². The molecule has 156 valence electrons. The van der Waals surface area contributed by atoms with E-state index in [1.54, 1.807) is 6.07 Å². The van der Waals surface area contributed by atoms with Gasteiger partial charge in [0.1, 0.15) is 30.2 Å². The first kappa shape index (κ1) is 21.0.